The van der Waals surface area contributed by atoms with Crippen LogP contribution in [0.4, 0.5) is 0 Å². The van der Waals surface area contributed by atoms with Gasteiger partial charge in [-0.2, -0.15) is 0 Å². The minimum atomic E-state index is 0.201. The van der Waals surface area contributed by atoms with Gasteiger partial charge in [-0.05, 0) is 25.7 Å². The number of fused-ring (bicyclic) bond motifs is 2. The summed E-state index contributed by atoms with van der Waals surface area (Å²) in [7, 11) is 0. The maximum atomic E-state index is 11.3. The number of amides is 1. The maximum Gasteiger partial charge on any atom is 0.234 e. The molecule has 1 amide bonds. The van der Waals surface area contributed by atoms with E-state index in [-0.39, 0.29) is 5.91 Å². The molecule has 2 bridgehead atoms. The molecule has 0 aromatic heterocycles. The number of hydrogen-bond donors (Lipinski definition) is 2. The zero-order valence-electron chi connectivity index (χ0n) is 9.04. The Labute approximate surface area is 90.4 Å². The Morgan fingerprint density at radius 2 is 1.93 bits per heavy atom. The molecule has 1 unspecified atom stereocenters. The predicted molar refractivity (Wildman–Crippen MR) is 57.6 cm³/mol. The third-order valence-corrected chi connectivity index (χ3v) is 4.03. The molecule has 3 heterocycles. The fourth-order valence-corrected chi connectivity index (χ4v) is 3.30. The predicted octanol–water partition coefficient (Wildman–Crippen LogP) is -0.299. The first kappa shape index (κ1) is 9.60. The zero-order valence-corrected chi connectivity index (χ0v) is 9.04. The first-order chi connectivity index (χ1) is 7.31. The molecule has 3 aliphatic heterocycles. The molecular weight excluding hydrogens is 190 g/mol. The number of carbonyl (C=O) groups is 1. The van der Waals surface area contributed by atoms with E-state index in [1.807, 2.05) is 0 Å². The third kappa shape index (κ3) is 1.88. The van der Waals surface area contributed by atoms with E-state index in [9.17, 15) is 4.79 Å². The number of piperazine rings is 1. The van der Waals surface area contributed by atoms with Crippen LogP contribution in [0.25, 0.3) is 0 Å². The summed E-state index contributed by atoms with van der Waals surface area (Å²) in [6.45, 7) is 2.48. The molecule has 15 heavy (non-hydrogen) atoms. The maximum absolute atomic E-state index is 11.3. The smallest absolute Gasteiger partial charge is 0.234 e. The molecule has 84 valence electrons. The van der Waals surface area contributed by atoms with E-state index in [0.717, 1.165) is 25.2 Å². The van der Waals surface area contributed by atoms with Gasteiger partial charge < -0.3 is 10.6 Å². The number of piperidine rings is 1. The second-order valence-electron chi connectivity index (χ2n) is 5.08. The summed E-state index contributed by atoms with van der Waals surface area (Å²) in [5.41, 5.74) is 0. The Balaban J connectivity index is 1.64. The monoisotopic (exact) mass is 209 g/mol. The summed E-state index contributed by atoms with van der Waals surface area (Å²) < 4.78 is 0. The topological polar surface area (TPSA) is 44.4 Å². The molecule has 0 aromatic rings. The van der Waals surface area contributed by atoms with E-state index < -0.39 is 0 Å². The van der Waals surface area contributed by atoms with Gasteiger partial charge in [0.15, 0.2) is 0 Å². The molecule has 0 aromatic carbocycles. The lowest BCUT2D eigenvalue weighted by molar-refractivity contribution is -0.125. The standard InChI is InChI=1S/C11H19N3O/c15-11-7-14(4-3-12-11)10-5-8-1-2-9(6-10)13-8/h8-10,13H,1-7H2,(H,12,15)/t8-,9+,10?. The molecular formula is C11H19N3O. The van der Waals surface area contributed by atoms with E-state index in [1.165, 1.54) is 25.7 Å². The van der Waals surface area contributed by atoms with E-state index in [0.29, 0.717) is 12.6 Å². The van der Waals surface area contributed by atoms with Crippen molar-refractivity contribution in [2.24, 2.45) is 0 Å². The Hall–Kier alpha value is -0.610. The van der Waals surface area contributed by atoms with Crippen molar-refractivity contribution in [3.05, 3.63) is 0 Å². The van der Waals surface area contributed by atoms with Crippen LogP contribution in [-0.4, -0.2) is 48.6 Å². The lowest BCUT2D eigenvalue weighted by atomic mass is 9.97. The average Bonchev–Trinajstić information content (AvgIpc) is 2.58. The molecule has 4 nitrogen and oxygen atoms in total. The molecule has 3 atom stereocenters. The van der Waals surface area contributed by atoms with Crippen molar-refractivity contribution in [2.75, 3.05) is 19.6 Å². The number of carbonyl (C=O) groups excluding carboxylic acids is 1. The highest BCUT2D eigenvalue weighted by molar-refractivity contribution is 5.78. The van der Waals surface area contributed by atoms with E-state index in [2.05, 4.69) is 15.5 Å². The van der Waals surface area contributed by atoms with Crippen molar-refractivity contribution >= 4 is 5.91 Å². The van der Waals surface area contributed by atoms with Crippen molar-refractivity contribution in [1.82, 2.24) is 15.5 Å². The van der Waals surface area contributed by atoms with Gasteiger partial charge in [0.1, 0.15) is 0 Å². The normalized spacial score (nSPS) is 41.6. The van der Waals surface area contributed by atoms with Crippen molar-refractivity contribution < 1.29 is 4.79 Å². The molecule has 4 heteroatoms. The third-order valence-electron chi connectivity index (χ3n) is 4.03. The molecule has 3 aliphatic rings. The van der Waals surface area contributed by atoms with Gasteiger partial charge in [-0.15, -0.1) is 0 Å². The summed E-state index contributed by atoms with van der Waals surface area (Å²) in [6.07, 6.45) is 5.15. The van der Waals surface area contributed by atoms with Crippen molar-refractivity contribution in [2.45, 2.75) is 43.8 Å². The van der Waals surface area contributed by atoms with Crippen LogP contribution >= 0.6 is 0 Å². The van der Waals surface area contributed by atoms with Crippen LogP contribution in [0.5, 0.6) is 0 Å². The van der Waals surface area contributed by atoms with Crippen molar-refractivity contribution in [1.29, 1.82) is 0 Å². The molecule has 0 aliphatic carbocycles. The van der Waals surface area contributed by atoms with Crippen LogP contribution < -0.4 is 10.6 Å². The van der Waals surface area contributed by atoms with Crippen LogP contribution in [0.15, 0.2) is 0 Å². The Bertz CT molecular complexity index is 257. The summed E-state index contributed by atoms with van der Waals surface area (Å²) in [6, 6.07) is 2.09. The van der Waals surface area contributed by atoms with E-state index in [1.54, 1.807) is 0 Å². The van der Waals surface area contributed by atoms with Gasteiger partial charge in [0.05, 0.1) is 6.54 Å². The number of rotatable bonds is 1. The highest BCUT2D eigenvalue weighted by atomic mass is 16.2. The van der Waals surface area contributed by atoms with Crippen LogP contribution in [0.3, 0.4) is 0 Å². The quantitative estimate of drug-likeness (QED) is 0.623. The summed E-state index contributed by atoms with van der Waals surface area (Å²) in [5.74, 6) is 0.201. The Morgan fingerprint density at radius 3 is 2.60 bits per heavy atom. The van der Waals surface area contributed by atoms with Gasteiger partial charge in [-0.1, -0.05) is 0 Å². The van der Waals surface area contributed by atoms with Gasteiger partial charge in [-0.3, -0.25) is 9.69 Å². The lowest BCUT2D eigenvalue weighted by Crippen LogP contribution is -2.55. The molecule has 0 spiro atoms. The van der Waals surface area contributed by atoms with Gasteiger partial charge in [-0.25, -0.2) is 0 Å². The average molecular weight is 209 g/mol. The number of nitrogens with zero attached hydrogens (tertiary/aromatic N) is 1. The Morgan fingerprint density at radius 1 is 1.20 bits per heavy atom. The summed E-state index contributed by atoms with van der Waals surface area (Å²) >= 11 is 0. The Kier molecular flexibility index (Phi) is 2.41. The minimum Gasteiger partial charge on any atom is -0.354 e. The second-order valence-corrected chi connectivity index (χ2v) is 5.08. The van der Waals surface area contributed by atoms with Gasteiger partial charge in [0.25, 0.3) is 0 Å². The molecule has 0 saturated carbocycles. The molecule has 3 saturated heterocycles. The first-order valence-corrected chi connectivity index (χ1v) is 6.08. The summed E-state index contributed by atoms with van der Waals surface area (Å²) in [4.78, 5) is 13.7. The van der Waals surface area contributed by atoms with Crippen molar-refractivity contribution in [3.8, 4) is 0 Å². The first-order valence-electron chi connectivity index (χ1n) is 6.08. The zero-order chi connectivity index (χ0) is 10.3. The van der Waals surface area contributed by atoms with Gasteiger partial charge >= 0.3 is 0 Å². The fraction of sp³-hybridized carbons (Fsp3) is 0.909. The van der Waals surface area contributed by atoms with Crippen LogP contribution in [0.2, 0.25) is 0 Å². The van der Waals surface area contributed by atoms with Crippen LogP contribution in [0, 0.1) is 0 Å². The molecule has 3 fully saturated rings. The van der Waals surface area contributed by atoms with Gasteiger partial charge in [0, 0.05) is 31.2 Å². The lowest BCUT2D eigenvalue weighted by Gasteiger charge is -2.39. The molecule has 0 radical (unpaired) electrons. The second kappa shape index (κ2) is 3.76. The van der Waals surface area contributed by atoms with E-state index in [4.69, 9.17) is 0 Å². The van der Waals surface area contributed by atoms with E-state index >= 15 is 0 Å². The minimum absolute atomic E-state index is 0.201. The molecule has 2 N–H and O–H groups in total. The molecule has 3 rings (SSSR count). The van der Waals surface area contributed by atoms with Crippen LogP contribution in [-0.2, 0) is 4.79 Å². The highest BCUT2D eigenvalue weighted by Gasteiger charge is 2.36. The van der Waals surface area contributed by atoms with Crippen molar-refractivity contribution in [3.63, 3.8) is 0 Å². The highest BCUT2D eigenvalue weighted by Crippen LogP contribution is 2.29. The number of nitrogens with one attached hydrogen (secondary N) is 2. The largest absolute Gasteiger partial charge is 0.354 e. The summed E-state index contributed by atoms with van der Waals surface area (Å²) in [5, 5.41) is 6.54. The van der Waals surface area contributed by atoms with Gasteiger partial charge in [0.2, 0.25) is 5.91 Å². The number of hydrogen-bond acceptors (Lipinski definition) is 3. The SMILES string of the molecule is O=C1CN(C2C[C@H]3CC[C@@H](C2)N3)CCN1. The fourth-order valence-electron chi connectivity index (χ4n) is 3.30. The van der Waals surface area contributed by atoms with Crippen LogP contribution in [0.1, 0.15) is 25.7 Å².